The Morgan fingerprint density at radius 3 is 2.52 bits per heavy atom. The van der Waals surface area contributed by atoms with Crippen LogP contribution in [0.3, 0.4) is 0 Å². The summed E-state index contributed by atoms with van der Waals surface area (Å²) in [5.74, 6) is 0.134. The minimum atomic E-state index is -0.459. The van der Waals surface area contributed by atoms with Gasteiger partial charge in [-0.3, -0.25) is 9.69 Å². The Balaban J connectivity index is 1.26. The summed E-state index contributed by atoms with van der Waals surface area (Å²) in [5, 5.41) is 5.50. The molecule has 1 aliphatic heterocycles. The average Bonchev–Trinajstić information content (AvgIpc) is 3.46. The highest BCUT2D eigenvalue weighted by Gasteiger charge is 2.24. The van der Waals surface area contributed by atoms with Crippen LogP contribution in [0.2, 0.25) is 0 Å². The first kappa shape index (κ1) is 21.2. The van der Waals surface area contributed by atoms with Gasteiger partial charge in [-0.15, -0.1) is 0 Å². The van der Waals surface area contributed by atoms with Crippen molar-refractivity contribution in [2.75, 3.05) is 32.1 Å². The monoisotopic (exact) mass is 439 g/mol. The minimum Gasteiger partial charge on any atom is -0.378 e. The van der Waals surface area contributed by atoms with Crippen molar-refractivity contribution in [3.63, 3.8) is 0 Å². The second-order valence-corrected chi connectivity index (χ2v) is 9.05. The van der Waals surface area contributed by atoms with Gasteiger partial charge < -0.3 is 10.6 Å². The van der Waals surface area contributed by atoms with E-state index in [1.54, 1.807) is 6.07 Å². The highest BCUT2D eigenvalue weighted by molar-refractivity contribution is 6.04. The molecule has 3 aromatic carbocycles. The maximum absolute atomic E-state index is 11.7. The molecule has 1 aliphatic rings. The van der Waals surface area contributed by atoms with E-state index in [2.05, 4.69) is 77.5 Å². The van der Waals surface area contributed by atoms with Crippen molar-refractivity contribution < 1.29 is 4.79 Å². The quantitative estimate of drug-likeness (QED) is 0.489. The minimum absolute atomic E-state index is 0.447. The van der Waals surface area contributed by atoms with Gasteiger partial charge in [0.05, 0.1) is 11.3 Å². The van der Waals surface area contributed by atoms with Crippen molar-refractivity contribution >= 4 is 22.5 Å². The normalized spacial score (nSPS) is 16.4. The Kier molecular flexibility index (Phi) is 5.60. The molecule has 2 heterocycles. The van der Waals surface area contributed by atoms with Gasteiger partial charge in [-0.1, -0.05) is 36.4 Å². The van der Waals surface area contributed by atoms with Crippen LogP contribution in [0.25, 0.3) is 16.6 Å². The van der Waals surface area contributed by atoms with Gasteiger partial charge in [-0.25, -0.2) is 4.68 Å². The standard InChI is InChI=1S/C27H29N5O/c1-30(2)23-12-8-20(9-13-23)21-14-15-31(17-21)16-19-6-10-24(11-7-19)32-18-22-4-3-5-25(27(28)33)26(22)29-32/h3-13,18,21H,14-17H2,1-2H3,(H2,28,33). The molecule has 4 aromatic rings. The van der Waals surface area contributed by atoms with E-state index in [4.69, 9.17) is 5.73 Å². The topological polar surface area (TPSA) is 67.4 Å². The maximum atomic E-state index is 11.7. The molecular weight excluding hydrogens is 410 g/mol. The van der Waals surface area contributed by atoms with Crippen LogP contribution in [-0.4, -0.2) is 47.8 Å². The van der Waals surface area contributed by atoms with Gasteiger partial charge in [0.1, 0.15) is 5.52 Å². The number of hydrogen-bond acceptors (Lipinski definition) is 4. The molecule has 1 saturated heterocycles. The molecule has 1 unspecified atom stereocenters. The van der Waals surface area contributed by atoms with Crippen LogP contribution in [0.4, 0.5) is 5.69 Å². The van der Waals surface area contributed by atoms with Crippen molar-refractivity contribution in [1.82, 2.24) is 14.7 Å². The number of amides is 1. The second kappa shape index (κ2) is 8.71. The fourth-order valence-electron chi connectivity index (χ4n) is 4.68. The van der Waals surface area contributed by atoms with Crippen LogP contribution < -0.4 is 10.6 Å². The van der Waals surface area contributed by atoms with E-state index < -0.39 is 5.91 Å². The highest BCUT2D eigenvalue weighted by Crippen LogP contribution is 2.29. The Hall–Kier alpha value is -3.64. The molecule has 0 saturated carbocycles. The zero-order valence-electron chi connectivity index (χ0n) is 19.1. The lowest BCUT2D eigenvalue weighted by molar-refractivity contribution is 0.100. The lowest BCUT2D eigenvalue weighted by atomic mass is 9.98. The fraction of sp³-hybridized carbons (Fsp3) is 0.259. The molecule has 6 heteroatoms. The third kappa shape index (κ3) is 4.34. The summed E-state index contributed by atoms with van der Waals surface area (Å²) in [6.07, 6.45) is 3.13. The van der Waals surface area contributed by atoms with Gasteiger partial charge in [0.2, 0.25) is 0 Å². The predicted molar refractivity (Wildman–Crippen MR) is 133 cm³/mol. The van der Waals surface area contributed by atoms with Crippen LogP contribution >= 0.6 is 0 Å². The number of fused-ring (bicyclic) bond motifs is 1. The van der Waals surface area contributed by atoms with E-state index in [0.29, 0.717) is 17.0 Å². The van der Waals surface area contributed by atoms with Crippen LogP contribution in [0, 0.1) is 0 Å². The zero-order valence-corrected chi connectivity index (χ0v) is 19.1. The Bertz CT molecular complexity index is 1270. The largest absolute Gasteiger partial charge is 0.378 e. The summed E-state index contributed by atoms with van der Waals surface area (Å²) >= 11 is 0. The third-order valence-electron chi connectivity index (χ3n) is 6.56. The highest BCUT2D eigenvalue weighted by atomic mass is 16.1. The van der Waals surface area contributed by atoms with Crippen LogP contribution in [0.1, 0.15) is 33.8 Å². The van der Waals surface area contributed by atoms with Gasteiger partial charge in [-0.05, 0) is 60.3 Å². The molecule has 1 fully saturated rings. The van der Waals surface area contributed by atoms with Crippen molar-refractivity contribution in [2.24, 2.45) is 5.73 Å². The Morgan fingerprint density at radius 1 is 1.06 bits per heavy atom. The molecule has 0 aliphatic carbocycles. The number of benzene rings is 3. The van der Waals surface area contributed by atoms with Gasteiger partial charge in [0.15, 0.2) is 0 Å². The Morgan fingerprint density at radius 2 is 1.82 bits per heavy atom. The number of anilines is 1. The SMILES string of the molecule is CN(C)c1ccc(C2CCN(Cc3ccc(-n4cc5cccc(C(N)=O)c5n4)cc3)C2)cc1. The van der Waals surface area contributed by atoms with Gasteiger partial charge in [0, 0.05) is 44.5 Å². The smallest absolute Gasteiger partial charge is 0.250 e. The molecule has 1 atom stereocenters. The first-order valence-corrected chi connectivity index (χ1v) is 11.3. The summed E-state index contributed by atoms with van der Waals surface area (Å²) in [5.41, 5.74) is 11.5. The second-order valence-electron chi connectivity index (χ2n) is 9.05. The number of rotatable bonds is 6. The maximum Gasteiger partial charge on any atom is 0.250 e. The lowest BCUT2D eigenvalue weighted by Crippen LogP contribution is -2.19. The number of hydrogen-bond donors (Lipinski definition) is 1. The molecule has 0 spiro atoms. The van der Waals surface area contributed by atoms with E-state index in [9.17, 15) is 4.79 Å². The number of nitrogens with zero attached hydrogens (tertiary/aromatic N) is 4. The third-order valence-corrected chi connectivity index (χ3v) is 6.56. The number of carbonyl (C=O) groups excluding carboxylic acids is 1. The predicted octanol–water partition coefficient (Wildman–Crippen LogP) is 4.18. The van der Waals surface area contributed by atoms with E-state index in [1.165, 1.54) is 23.2 Å². The summed E-state index contributed by atoms with van der Waals surface area (Å²) in [4.78, 5) is 16.4. The van der Waals surface area contributed by atoms with Crippen LogP contribution in [0.5, 0.6) is 0 Å². The first-order chi connectivity index (χ1) is 16.0. The van der Waals surface area contributed by atoms with E-state index in [-0.39, 0.29) is 0 Å². The number of primary amides is 1. The molecular formula is C27H29N5O. The summed E-state index contributed by atoms with van der Waals surface area (Å²) in [7, 11) is 4.15. The molecule has 5 rings (SSSR count). The van der Waals surface area contributed by atoms with Gasteiger partial charge in [0.25, 0.3) is 5.91 Å². The lowest BCUT2D eigenvalue weighted by Gasteiger charge is -2.17. The number of nitrogens with two attached hydrogens (primary N) is 1. The molecule has 0 bridgehead atoms. The van der Waals surface area contributed by atoms with Crippen LogP contribution in [-0.2, 0) is 6.54 Å². The molecule has 33 heavy (non-hydrogen) atoms. The number of aromatic nitrogens is 2. The van der Waals surface area contributed by atoms with Crippen molar-refractivity contribution in [3.8, 4) is 5.69 Å². The molecule has 168 valence electrons. The molecule has 1 aromatic heterocycles. The van der Waals surface area contributed by atoms with E-state index >= 15 is 0 Å². The fourth-order valence-corrected chi connectivity index (χ4v) is 4.68. The first-order valence-electron chi connectivity index (χ1n) is 11.3. The van der Waals surface area contributed by atoms with Crippen molar-refractivity contribution in [3.05, 3.63) is 89.6 Å². The van der Waals surface area contributed by atoms with Crippen LogP contribution in [0.15, 0.2) is 72.9 Å². The summed E-state index contributed by atoms with van der Waals surface area (Å²) in [6.45, 7) is 3.14. The average molecular weight is 440 g/mol. The Labute approximate surface area is 194 Å². The number of likely N-dealkylation sites (tertiary alicyclic amines) is 1. The molecule has 1 amide bonds. The summed E-state index contributed by atoms with van der Waals surface area (Å²) < 4.78 is 1.81. The molecule has 0 radical (unpaired) electrons. The number of carbonyl (C=O) groups is 1. The zero-order chi connectivity index (χ0) is 22.9. The molecule has 6 nitrogen and oxygen atoms in total. The van der Waals surface area contributed by atoms with E-state index in [0.717, 1.165) is 30.7 Å². The molecule has 2 N–H and O–H groups in total. The van der Waals surface area contributed by atoms with Gasteiger partial charge >= 0.3 is 0 Å². The van der Waals surface area contributed by atoms with E-state index in [1.807, 2.05) is 23.0 Å². The van der Waals surface area contributed by atoms with Gasteiger partial charge in [-0.2, -0.15) is 5.10 Å². The summed E-state index contributed by atoms with van der Waals surface area (Å²) in [6, 6.07) is 22.9. The van der Waals surface area contributed by atoms with Crippen molar-refractivity contribution in [2.45, 2.75) is 18.9 Å². The van der Waals surface area contributed by atoms with Crippen molar-refractivity contribution in [1.29, 1.82) is 0 Å².